The molecule has 0 fully saturated rings. The highest BCUT2D eigenvalue weighted by molar-refractivity contribution is 5.96. The predicted octanol–water partition coefficient (Wildman–Crippen LogP) is 2.49. The molecular weight excluding hydrogens is 160 g/mol. The summed E-state index contributed by atoms with van der Waals surface area (Å²) in [5.41, 5.74) is 1.21. The van der Waals surface area contributed by atoms with Crippen LogP contribution in [0, 0.1) is 0 Å². The van der Waals surface area contributed by atoms with Crippen molar-refractivity contribution in [2.45, 2.75) is 0 Å². The van der Waals surface area contributed by atoms with Crippen LogP contribution in [0.5, 0.6) is 0 Å². The van der Waals surface area contributed by atoms with Crippen LogP contribution in [0.3, 0.4) is 0 Å². The van der Waals surface area contributed by atoms with Crippen molar-refractivity contribution in [1.82, 2.24) is 9.38 Å². The van der Waals surface area contributed by atoms with Crippen molar-refractivity contribution in [1.29, 1.82) is 0 Å². The fourth-order valence-corrected chi connectivity index (χ4v) is 1.66. The molecule has 3 aromatic heterocycles. The van der Waals surface area contributed by atoms with Crippen LogP contribution in [0.1, 0.15) is 0 Å². The van der Waals surface area contributed by atoms with E-state index in [0.29, 0.717) is 0 Å². The summed E-state index contributed by atoms with van der Waals surface area (Å²) in [5.74, 6) is 0. The van der Waals surface area contributed by atoms with Crippen LogP contribution < -0.4 is 0 Å². The minimum Gasteiger partial charge on any atom is -0.323 e. The summed E-state index contributed by atoms with van der Waals surface area (Å²) in [6.45, 7) is 0. The fourth-order valence-electron chi connectivity index (χ4n) is 1.66. The highest BCUT2D eigenvalue weighted by atomic mass is 14.9. The maximum Gasteiger partial charge on any atom is 0.0544 e. The second kappa shape index (κ2) is 2.33. The minimum absolute atomic E-state index is 1.20. The molecule has 62 valence electrons. The van der Waals surface area contributed by atoms with E-state index in [-0.39, 0.29) is 0 Å². The molecule has 0 unspecified atom stereocenters. The topological polar surface area (TPSA) is 17.3 Å². The van der Waals surface area contributed by atoms with Gasteiger partial charge in [0.15, 0.2) is 0 Å². The third kappa shape index (κ3) is 0.855. The van der Waals surface area contributed by atoms with E-state index in [1.54, 1.807) is 0 Å². The van der Waals surface area contributed by atoms with Crippen molar-refractivity contribution in [3.05, 3.63) is 49.1 Å². The first-order chi connectivity index (χ1) is 6.45. The van der Waals surface area contributed by atoms with Crippen molar-refractivity contribution in [3.63, 3.8) is 0 Å². The van der Waals surface area contributed by atoms with Gasteiger partial charge in [-0.1, -0.05) is 12.1 Å². The third-order valence-electron chi connectivity index (χ3n) is 2.28. The lowest BCUT2D eigenvalue weighted by Gasteiger charge is -1.84. The third-order valence-corrected chi connectivity index (χ3v) is 2.28. The molecule has 0 aliphatic heterocycles. The average Bonchev–Trinajstić information content (AvgIpc) is 2.61. The predicted molar refractivity (Wildman–Crippen MR) is 52.7 cm³/mol. The lowest BCUT2D eigenvalue weighted by atomic mass is 10.3. The number of rotatable bonds is 0. The van der Waals surface area contributed by atoms with E-state index < -0.39 is 0 Å². The smallest absolute Gasteiger partial charge is 0.0544 e. The number of fused-ring (bicyclic) bond motifs is 3. The SMILES string of the molecule is c1ccc2c3cncc3cn2cc1. The van der Waals surface area contributed by atoms with Gasteiger partial charge in [-0.25, -0.2) is 0 Å². The Balaban J connectivity index is 2.65. The Bertz CT molecular complexity index is 566. The summed E-state index contributed by atoms with van der Waals surface area (Å²) >= 11 is 0. The standard InChI is InChI=1S/C11H8N2/c1-2-4-11-10-7-12-6-9(10)8-13(11)5-3-1/h1-8H. The fraction of sp³-hybridized carbons (Fsp3) is 0. The average molecular weight is 168 g/mol. The lowest BCUT2D eigenvalue weighted by Crippen LogP contribution is -1.72. The van der Waals surface area contributed by atoms with Gasteiger partial charge in [-0.3, -0.25) is 4.98 Å². The zero-order valence-corrected chi connectivity index (χ0v) is 7.01. The van der Waals surface area contributed by atoms with E-state index in [0.717, 1.165) is 0 Å². The van der Waals surface area contributed by atoms with Gasteiger partial charge in [0, 0.05) is 35.6 Å². The van der Waals surface area contributed by atoms with Gasteiger partial charge in [-0.05, 0) is 12.1 Å². The molecule has 2 heteroatoms. The first-order valence-corrected chi connectivity index (χ1v) is 4.24. The molecule has 0 saturated heterocycles. The number of hydrogen-bond acceptors (Lipinski definition) is 1. The van der Waals surface area contributed by atoms with Crippen LogP contribution in [-0.2, 0) is 0 Å². The molecular formula is C11H8N2. The molecule has 0 radical (unpaired) electrons. The first kappa shape index (κ1) is 6.66. The molecule has 0 aliphatic carbocycles. The molecule has 0 saturated carbocycles. The van der Waals surface area contributed by atoms with Crippen LogP contribution in [0.15, 0.2) is 49.1 Å². The van der Waals surface area contributed by atoms with Gasteiger partial charge in [0.25, 0.3) is 0 Å². The molecule has 0 aliphatic rings. The zero-order valence-electron chi connectivity index (χ0n) is 7.01. The van der Waals surface area contributed by atoms with E-state index in [1.165, 1.54) is 16.3 Å². The summed E-state index contributed by atoms with van der Waals surface area (Å²) in [5, 5.41) is 2.42. The molecule has 3 aromatic rings. The van der Waals surface area contributed by atoms with Crippen LogP contribution >= 0.6 is 0 Å². The lowest BCUT2D eigenvalue weighted by molar-refractivity contribution is 1.22. The summed E-state index contributed by atoms with van der Waals surface area (Å²) in [7, 11) is 0. The largest absolute Gasteiger partial charge is 0.323 e. The Morgan fingerprint density at radius 1 is 1.08 bits per heavy atom. The highest BCUT2D eigenvalue weighted by Crippen LogP contribution is 2.20. The summed E-state index contributed by atoms with van der Waals surface area (Å²) in [6.07, 6.45) is 7.94. The van der Waals surface area contributed by atoms with E-state index in [4.69, 9.17) is 0 Å². The Labute approximate surface area is 75.5 Å². The van der Waals surface area contributed by atoms with Crippen molar-refractivity contribution in [2.24, 2.45) is 0 Å². The second-order valence-electron chi connectivity index (χ2n) is 3.09. The summed E-state index contributed by atoms with van der Waals surface area (Å²) < 4.78 is 2.12. The maximum absolute atomic E-state index is 4.12. The first-order valence-electron chi connectivity index (χ1n) is 4.24. The van der Waals surface area contributed by atoms with Gasteiger partial charge >= 0.3 is 0 Å². The van der Waals surface area contributed by atoms with Gasteiger partial charge in [0.2, 0.25) is 0 Å². The molecule has 0 spiro atoms. The van der Waals surface area contributed by atoms with Crippen LogP contribution in [-0.4, -0.2) is 9.38 Å². The van der Waals surface area contributed by atoms with Gasteiger partial charge in [-0.15, -0.1) is 0 Å². The van der Waals surface area contributed by atoms with E-state index in [1.807, 2.05) is 30.6 Å². The van der Waals surface area contributed by atoms with E-state index in [2.05, 4.69) is 27.8 Å². The number of aromatic nitrogens is 2. The molecule has 0 atom stereocenters. The molecule has 0 N–H and O–H groups in total. The molecule has 2 nitrogen and oxygen atoms in total. The summed E-state index contributed by atoms with van der Waals surface area (Å²) in [4.78, 5) is 4.12. The number of nitrogens with zero attached hydrogens (tertiary/aromatic N) is 2. The van der Waals surface area contributed by atoms with Crippen LogP contribution in [0.4, 0.5) is 0 Å². The quantitative estimate of drug-likeness (QED) is 0.504. The molecule has 13 heavy (non-hydrogen) atoms. The number of hydrogen-bond donors (Lipinski definition) is 0. The van der Waals surface area contributed by atoms with Crippen LogP contribution in [0.25, 0.3) is 16.3 Å². The molecule has 3 heterocycles. The van der Waals surface area contributed by atoms with Crippen molar-refractivity contribution in [2.75, 3.05) is 0 Å². The Morgan fingerprint density at radius 2 is 2.08 bits per heavy atom. The second-order valence-corrected chi connectivity index (χ2v) is 3.09. The van der Waals surface area contributed by atoms with Gasteiger partial charge < -0.3 is 4.40 Å². The Morgan fingerprint density at radius 3 is 3.08 bits per heavy atom. The van der Waals surface area contributed by atoms with E-state index in [9.17, 15) is 0 Å². The normalized spacial score (nSPS) is 11.1. The van der Waals surface area contributed by atoms with Crippen molar-refractivity contribution >= 4 is 16.3 Å². The monoisotopic (exact) mass is 168 g/mol. The minimum atomic E-state index is 1.20. The molecule has 3 rings (SSSR count). The van der Waals surface area contributed by atoms with Gasteiger partial charge in [-0.2, -0.15) is 0 Å². The molecule has 0 bridgehead atoms. The van der Waals surface area contributed by atoms with Crippen LogP contribution in [0.2, 0.25) is 0 Å². The summed E-state index contributed by atoms with van der Waals surface area (Å²) in [6, 6.07) is 8.19. The van der Waals surface area contributed by atoms with E-state index >= 15 is 0 Å². The highest BCUT2D eigenvalue weighted by Gasteiger charge is 2.00. The van der Waals surface area contributed by atoms with Gasteiger partial charge in [0.1, 0.15) is 0 Å². The Hall–Kier alpha value is -1.83. The van der Waals surface area contributed by atoms with Gasteiger partial charge in [0.05, 0.1) is 5.52 Å². The van der Waals surface area contributed by atoms with Crippen molar-refractivity contribution in [3.8, 4) is 0 Å². The zero-order chi connectivity index (χ0) is 8.67. The molecule has 0 aromatic carbocycles. The Kier molecular flexibility index (Phi) is 1.19. The maximum atomic E-state index is 4.12. The van der Waals surface area contributed by atoms with Crippen molar-refractivity contribution < 1.29 is 0 Å². The molecule has 0 amide bonds.